The summed E-state index contributed by atoms with van der Waals surface area (Å²) >= 11 is 5.98. The van der Waals surface area contributed by atoms with E-state index in [0.29, 0.717) is 37.6 Å². The number of ether oxygens (including phenoxy) is 1. The highest BCUT2D eigenvalue weighted by molar-refractivity contribution is 7.90. The van der Waals surface area contributed by atoms with E-state index in [2.05, 4.69) is 4.72 Å². The highest BCUT2D eigenvalue weighted by Gasteiger charge is 2.35. The summed E-state index contributed by atoms with van der Waals surface area (Å²) < 4.78 is 32.6. The van der Waals surface area contributed by atoms with Crippen molar-refractivity contribution in [3.8, 4) is 0 Å². The molecule has 1 N–H and O–H groups in total. The lowest BCUT2D eigenvalue weighted by Crippen LogP contribution is -2.44. The van der Waals surface area contributed by atoms with Crippen LogP contribution in [0, 0.1) is 5.92 Å². The molecule has 20 heavy (non-hydrogen) atoms. The summed E-state index contributed by atoms with van der Waals surface area (Å²) in [6.07, 6.45) is 1.20. The smallest absolute Gasteiger partial charge is 0.214 e. The number of rotatable bonds is 5. The molecule has 0 radical (unpaired) electrons. The van der Waals surface area contributed by atoms with Crippen LogP contribution in [0.15, 0.2) is 24.3 Å². The Balaban J connectivity index is 2.15. The lowest BCUT2D eigenvalue weighted by Gasteiger charge is -2.31. The molecular weight excluding hydrogens is 298 g/mol. The van der Waals surface area contributed by atoms with Crippen LogP contribution in [0.4, 0.5) is 0 Å². The van der Waals surface area contributed by atoms with E-state index in [-0.39, 0.29) is 5.92 Å². The number of hydrogen-bond donors (Lipinski definition) is 1. The Hall–Kier alpha value is -0.620. The molecule has 6 heteroatoms. The molecule has 0 spiro atoms. The molecule has 4 nitrogen and oxygen atoms in total. The first kappa shape index (κ1) is 15.8. The third kappa shape index (κ3) is 3.95. The maximum Gasteiger partial charge on any atom is 0.214 e. The van der Waals surface area contributed by atoms with Gasteiger partial charge in [-0.3, -0.25) is 0 Å². The summed E-state index contributed by atoms with van der Waals surface area (Å²) in [6, 6.07) is 7.55. The van der Waals surface area contributed by atoms with Crippen LogP contribution in [-0.4, -0.2) is 33.4 Å². The van der Waals surface area contributed by atoms with Crippen molar-refractivity contribution in [1.29, 1.82) is 0 Å². The minimum atomic E-state index is -3.28. The van der Waals surface area contributed by atoms with Crippen LogP contribution in [0.2, 0.25) is 5.02 Å². The fourth-order valence-corrected chi connectivity index (χ4v) is 4.57. The zero-order valence-corrected chi connectivity index (χ0v) is 13.1. The molecule has 1 fully saturated rings. The Morgan fingerprint density at radius 3 is 2.95 bits per heavy atom. The van der Waals surface area contributed by atoms with E-state index >= 15 is 0 Å². The molecule has 0 aromatic heterocycles. The molecule has 1 heterocycles. The fourth-order valence-electron chi connectivity index (χ4n) is 2.65. The first-order valence-electron chi connectivity index (χ1n) is 6.83. The Labute approximate surface area is 125 Å². The van der Waals surface area contributed by atoms with Crippen molar-refractivity contribution < 1.29 is 13.2 Å². The van der Waals surface area contributed by atoms with Crippen molar-refractivity contribution in [2.75, 3.05) is 19.8 Å². The molecule has 0 amide bonds. The largest absolute Gasteiger partial charge is 0.381 e. The predicted octanol–water partition coefficient (Wildman–Crippen LogP) is 2.23. The van der Waals surface area contributed by atoms with E-state index in [1.165, 1.54) is 0 Å². The van der Waals surface area contributed by atoms with Crippen molar-refractivity contribution in [1.82, 2.24) is 4.72 Å². The van der Waals surface area contributed by atoms with Crippen molar-refractivity contribution >= 4 is 21.6 Å². The topological polar surface area (TPSA) is 55.4 Å². The number of benzene rings is 1. The zero-order chi connectivity index (χ0) is 14.6. The van der Waals surface area contributed by atoms with Crippen molar-refractivity contribution in [2.45, 2.75) is 25.0 Å². The summed E-state index contributed by atoms with van der Waals surface area (Å²) in [5, 5.41) is 0.278. The summed E-state index contributed by atoms with van der Waals surface area (Å²) in [7, 11) is -3.28. The highest BCUT2D eigenvalue weighted by atomic mass is 35.5. The first-order chi connectivity index (χ1) is 9.53. The predicted molar refractivity (Wildman–Crippen MR) is 80.5 cm³/mol. The van der Waals surface area contributed by atoms with Crippen molar-refractivity contribution in [3.63, 3.8) is 0 Å². The summed E-state index contributed by atoms with van der Waals surface area (Å²) in [5.74, 6) is -0.0359. The van der Waals surface area contributed by atoms with Gasteiger partial charge in [0.2, 0.25) is 10.0 Å². The Bertz CT molecular complexity index is 547. The quantitative estimate of drug-likeness (QED) is 0.906. The summed E-state index contributed by atoms with van der Waals surface area (Å²) in [5.41, 5.74) is 1.05. The normalized spacial score (nSPS) is 23.7. The molecule has 2 unspecified atom stereocenters. The van der Waals surface area contributed by atoms with E-state index in [1.54, 1.807) is 6.92 Å². The van der Waals surface area contributed by atoms with Gasteiger partial charge < -0.3 is 4.74 Å². The number of hydrogen-bond acceptors (Lipinski definition) is 3. The second-order valence-electron chi connectivity index (χ2n) is 5.04. The number of halogens is 1. The highest BCUT2D eigenvalue weighted by Crippen LogP contribution is 2.26. The van der Waals surface area contributed by atoms with Gasteiger partial charge in [0.1, 0.15) is 0 Å². The number of nitrogens with one attached hydrogen (secondary N) is 1. The average Bonchev–Trinajstić information content (AvgIpc) is 2.39. The minimum absolute atomic E-state index is 0.0359. The first-order valence-corrected chi connectivity index (χ1v) is 8.76. The Morgan fingerprint density at radius 2 is 2.25 bits per heavy atom. The van der Waals surface area contributed by atoms with Crippen LogP contribution in [0.25, 0.3) is 0 Å². The standard InChI is InChI=1S/C14H20ClNO3S/c1-2-16-20(17,18)14-6-7-19-10-12(14)8-11-4-3-5-13(15)9-11/h3-5,9,12,14,16H,2,6-8,10H2,1H3. The van der Waals surface area contributed by atoms with E-state index in [1.807, 2.05) is 24.3 Å². The summed E-state index contributed by atoms with van der Waals surface area (Å²) in [4.78, 5) is 0. The molecule has 2 rings (SSSR count). The molecular formula is C14H20ClNO3S. The van der Waals surface area contributed by atoms with Gasteiger partial charge in [-0.25, -0.2) is 13.1 Å². The third-order valence-electron chi connectivity index (χ3n) is 3.54. The van der Waals surface area contributed by atoms with Gasteiger partial charge in [0.25, 0.3) is 0 Å². The average molecular weight is 318 g/mol. The van der Waals surface area contributed by atoms with Gasteiger partial charge in [0.15, 0.2) is 0 Å². The van der Waals surface area contributed by atoms with Crippen molar-refractivity contribution in [2.24, 2.45) is 5.92 Å². The van der Waals surface area contributed by atoms with Gasteiger partial charge >= 0.3 is 0 Å². The lowest BCUT2D eigenvalue weighted by molar-refractivity contribution is 0.0570. The van der Waals surface area contributed by atoms with Crippen LogP contribution >= 0.6 is 11.6 Å². The minimum Gasteiger partial charge on any atom is -0.381 e. The molecule has 1 aromatic carbocycles. The van der Waals surface area contributed by atoms with Crippen LogP contribution in [-0.2, 0) is 21.2 Å². The molecule has 1 aliphatic heterocycles. The maximum absolute atomic E-state index is 12.3. The van der Waals surface area contributed by atoms with Gasteiger partial charge in [0.05, 0.1) is 11.9 Å². The Morgan fingerprint density at radius 1 is 1.45 bits per heavy atom. The van der Waals surface area contributed by atoms with Gasteiger partial charge in [-0.2, -0.15) is 0 Å². The maximum atomic E-state index is 12.3. The number of sulfonamides is 1. The third-order valence-corrected chi connectivity index (χ3v) is 5.88. The zero-order valence-electron chi connectivity index (χ0n) is 11.5. The molecule has 0 aliphatic carbocycles. The van der Waals surface area contributed by atoms with Crippen LogP contribution in [0.3, 0.4) is 0 Å². The molecule has 0 bridgehead atoms. The molecule has 0 saturated carbocycles. The van der Waals surface area contributed by atoms with Gasteiger partial charge in [-0.05, 0) is 30.5 Å². The van der Waals surface area contributed by atoms with Gasteiger partial charge in [0, 0.05) is 24.1 Å². The molecule has 1 aliphatic rings. The SMILES string of the molecule is CCNS(=O)(=O)C1CCOCC1Cc1cccc(Cl)c1. The van der Waals surface area contributed by atoms with Gasteiger partial charge in [-0.1, -0.05) is 30.7 Å². The van der Waals surface area contributed by atoms with Crippen molar-refractivity contribution in [3.05, 3.63) is 34.9 Å². The van der Waals surface area contributed by atoms with Crippen LogP contribution < -0.4 is 4.72 Å². The van der Waals surface area contributed by atoms with Crippen LogP contribution in [0.1, 0.15) is 18.9 Å². The van der Waals surface area contributed by atoms with E-state index < -0.39 is 15.3 Å². The molecule has 1 saturated heterocycles. The van der Waals surface area contributed by atoms with E-state index in [0.717, 1.165) is 5.56 Å². The molecule has 2 atom stereocenters. The van der Waals surface area contributed by atoms with Gasteiger partial charge in [-0.15, -0.1) is 0 Å². The molecule has 112 valence electrons. The van der Waals surface area contributed by atoms with E-state index in [4.69, 9.17) is 16.3 Å². The lowest BCUT2D eigenvalue weighted by atomic mass is 9.94. The Kier molecular flexibility index (Phi) is 5.43. The fraction of sp³-hybridized carbons (Fsp3) is 0.571. The second kappa shape index (κ2) is 6.89. The van der Waals surface area contributed by atoms with E-state index in [9.17, 15) is 8.42 Å². The monoisotopic (exact) mass is 317 g/mol. The molecule has 1 aromatic rings. The summed E-state index contributed by atoms with van der Waals surface area (Å²) in [6.45, 7) is 3.19. The van der Waals surface area contributed by atoms with Crippen LogP contribution in [0.5, 0.6) is 0 Å². The second-order valence-corrected chi connectivity index (χ2v) is 7.46.